The van der Waals surface area contributed by atoms with Gasteiger partial charge in [-0.3, -0.25) is 0 Å². The molecule has 2 N–H and O–H groups in total. The fourth-order valence-electron chi connectivity index (χ4n) is 0.636. The van der Waals surface area contributed by atoms with Crippen molar-refractivity contribution in [3.8, 4) is 0 Å². The van der Waals surface area contributed by atoms with Crippen LogP contribution in [0.5, 0.6) is 0 Å². The van der Waals surface area contributed by atoms with Crippen LogP contribution in [-0.4, -0.2) is 21.9 Å². The SMILES string of the molecule is CCCCC(F)(F)C(C)(O)O. The minimum absolute atomic E-state index is 0.295. The smallest absolute Gasteiger partial charge is 0.300 e. The van der Waals surface area contributed by atoms with E-state index in [0.29, 0.717) is 19.8 Å². The van der Waals surface area contributed by atoms with Gasteiger partial charge in [0, 0.05) is 6.42 Å². The molecule has 0 spiro atoms. The van der Waals surface area contributed by atoms with E-state index >= 15 is 0 Å². The highest BCUT2D eigenvalue weighted by Gasteiger charge is 2.46. The summed E-state index contributed by atoms with van der Waals surface area (Å²) in [7, 11) is 0. The summed E-state index contributed by atoms with van der Waals surface area (Å²) in [6, 6.07) is 0. The molecular weight excluding hydrogens is 154 g/mol. The minimum Gasteiger partial charge on any atom is -0.361 e. The first-order valence-corrected chi connectivity index (χ1v) is 3.64. The molecule has 0 unspecified atom stereocenters. The highest BCUT2D eigenvalue weighted by Crippen LogP contribution is 2.31. The third-order valence-corrected chi connectivity index (χ3v) is 1.54. The number of aliphatic hydroxyl groups is 2. The maximum atomic E-state index is 12.6. The number of halogens is 2. The van der Waals surface area contributed by atoms with Crippen molar-refractivity contribution >= 4 is 0 Å². The molecule has 4 heteroatoms. The predicted molar refractivity (Wildman–Crippen MR) is 37.3 cm³/mol. The molecule has 0 aromatic carbocycles. The van der Waals surface area contributed by atoms with Crippen molar-refractivity contribution in [3.63, 3.8) is 0 Å². The standard InChI is InChI=1S/C7H14F2O2/c1-3-4-5-7(8,9)6(2,10)11/h10-11H,3-5H2,1-2H3. The molecule has 0 aromatic rings. The molecule has 0 aliphatic heterocycles. The summed E-state index contributed by atoms with van der Waals surface area (Å²) in [6.07, 6.45) is 0.433. The van der Waals surface area contributed by atoms with E-state index in [1.807, 2.05) is 0 Å². The Balaban J connectivity index is 4.00. The monoisotopic (exact) mass is 168 g/mol. The molecule has 0 aromatic heterocycles. The van der Waals surface area contributed by atoms with Crippen LogP contribution in [0.15, 0.2) is 0 Å². The van der Waals surface area contributed by atoms with Crippen LogP contribution in [0.3, 0.4) is 0 Å². The van der Waals surface area contributed by atoms with Gasteiger partial charge in [0.1, 0.15) is 0 Å². The Kier molecular flexibility index (Phi) is 3.38. The van der Waals surface area contributed by atoms with Crippen molar-refractivity contribution in [2.24, 2.45) is 0 Å². The van der Waals surface area contributed by atoms with Crippen molar-refractivity contribution in [2.45, 2.75) is 44.8 Å². The first-order chi connectivity index (χ1) is 4.81. The van der Waals surface area contributed by atoms with E-state index in [-0.39, 0.29) is 0 Å². The molecule has 11 heavy (non-hydrogen) atoms. The van der Waals surface area contributed by atoms with Gasteiger partial charge < -0.3 is 10.2 Å². The molecule has 0 fully saturated rings. The maximum Gasteiger partial charge on any atom is 0.300 e. The Morgan fingerprint density at radius 1 is 1.27 bits per heavy atom. The van der Waals surface area contributed by atoms with Crippen LogP contribution >= 0.6 is 0 Å². The molecule has 0 bridgehead atoms. The summed E-state index contributed by atoms with van der Waals surface area (Å²) in [6.45, 7) is 2.46. The van der Waals surface area contributed by atoms with Crippen LogP contribution in [-0.2, 0) is 0 Å². The van der Waals surface area contributed by atoms with Gasteiger partial charge >= 0.3 is 0 Å². The van der Waals surface area contributed by atoms with Gasteiger partial charge in [-0.2, -0.15) is 0 Å². The molecule has 0 saturated carbocycles. The molecular formula is C7H14F2O2. The van der Waals surface area contributed by atoms with Gasteiger partial charge in [-0.05, 0) is 13.3 Å². The van der Waals surface area contributed by atoms with Crippen molar-refractivity contribution in [3.05, 3.63) is 0 Å². The molecule has 2 nitrogen and oxygen atoms in total. The fraction of sp³-hybridized carbons (Fsp3) is 1.00. The summed E-state index contributed by atoms with van der Waals surface area (Å²) in [4.78, 5) is 0. The fourth-order valence-corrected chi connectivity index (χ4v) is 0.636. The van der Waals surface area contributed by atoms with Gasteiger partial charge in [-0.25, -0.2) is 8.78 Å². The van der Waals surface area contributed by atoms with Crippen molar-refractivity contribution in [1.29, 1.82) is 0 Å². The minimum atomic E-state index is -3.40. The van der Waals surface area contributed by atoms with E-state index in [2.05, 4.69) is 0 Å². The highest BCUT2D eigenvalue weighted by molar-refractivity contribution is 4.78. The second-order valence-corrected chi connectivity index (χ2v) is 2.83. The molecule has 0 radical (unpaired) electrons. The van der Waals surface area contributed by atoms with Gasteiger partial charge in [-0.15, -0.1) is 0 Å². The number of hydrogen-bond acceptors (Lipinski definition) is 2. The predicted octanol–water partition coefficient (Wildman–Crippen LogP) is 1.51. The lowest BCUT2D eigenvalue weighted by Gasteiger charge is -2.26. The second-order valence-electron chi connectivity index (χ2n) is 2.83. The third-order valence-electron chi connectivity index (χ3n) is 1.54. The van der Waals surface area contributed by atoms with E-state index in [1.54, 1.807) is 6.92 Å². The zero-order chi connectivity index (χ0) is 9.12. The normalized spacial score (nSPS) is 13.6. The summed E-state index contributed by atoms with van der Waals surface area (Å²) in [5.41, 5.74) is 0. The number of alkyl halides is 2. The van der Waals surface area contributed by atoms with Crippen LogP contribution in [0, 0.1) is 0 Å². The average Bonchev–Trinajstić information content (AvgIpc) is 1.81. The van der Waals surface area contributed by atoms with Gasteiger partial charge in [0.2, 0.25) is 5.79 Å². The topological polar surface area (TPSA) is 40.5 Å². The zero-order valence-corrected chi connectivity index (χ0v) is 6.77. The lowest BCUT2D eigenvalue weighted by Crippen LogP contribution is -2.45. The summed E-state index contributed by atoms with van der Waals surface area (Å²) >= 11 is 0. The molecule has 0 heterocycles. The molecule has 0 aliphatic carbocycles. The van der Waals surface area contributed by atoms with E-state index in [1.165, 1.54) is 0 Å². The first kappa shape index (κ1) is 10.8. The van der Waals surface area contributed by atoms with E-state index < -0.39 is 18.1 Å². The molecule has 0 saturated heterocycles. The van der Waals surface area contributed by atoms with Crippen molar-refractivity contribution in [1.82, 2.24) is 0 Å². The number of hydrogen-bond donors (Lipinski definition) is 2. The van der Waals surface area contributed by atoms with Crippen LogP contribution in [0.2, 0.25) is 0 Å². The first-order valence-electron chi connectivity index (χ1n) is 3.64. The van der Waals surface area contributed by atoms with Gasteiger partial charge in [0.15, 0.2) is 0 Å². The third kappa shape index (κ3) is 3.12. The molecule has 0 aliphatic rings. The Morgan fingerprint density at radius 2 is 1.73 bits per heavy atom. The average molecular weight is 168 g/mol. The highest BCUT2D eigenvalue weighted by atomic mass is 19.3. The quantitative estimate of drug-likeness (QED) is 0.625. The summed E-state index contributed by atoms with van der Waals surface area (Å²) < 4.78 is 25.2. The number of rotatable bonds is 4. The van der Waals surface area contributed by atoms with E-state index in [4.69, 9.17) is 10.2 Å². The Labute approximate surface area is 64.8 Å². The zero-order valence-electron chi connectivity index (χ0n) is 6.77. The van der Waals surface area contributed by atoms with Crippen LogP contribution in [0.25, 0.3) is 0 Å². The summed E-state index contributed by atoms with van der Waals surface area (Å²) in [5, 5.41) is 17.2. The van der Waals surface area contributed by atoms with Crippen LogP contribution in [0.1, 0.15) is 33.1 Å². The lowest BCUT2D eigenvalue weighted by molar-refractivity contribution is -0.286. The van der Waals surface area contributed by atoms with Crippen LogP contribution in [0.4, 0.5) is 8.78 Å². The second kappa shape index (κ2) is 3.45. The van der Waals surface area contributed by atoms with Crippen molar-refractivity contribution in [2.75, 3.05) is 0 Å². The number of unbranched alkanes of at least 4 members (excludes halogenated alkanes) is 1. The van der Waals surface area contributed by atoms with E-state index in [0.717, 1.165) is 0 Å². The maximum absolute atomic E-state index is 12.6. The van der Waals surface area contributed by atoms with E-state index in [9.17, 15) is 8.78 Å². The van der Waals surface area contributed by atoms with Gasteiger partial charge in [0.05, 0.1) is 0 Å². The lowest BCUT2D eigenvalue weighted by atomic mass is 10.0. The Bertz CT molecular complexity index is 118. The molecule has 0 atom stereocenters. The summed E-state index contributed by atoms with van der Waals surface area (Å²) in [5.74, 6) is -6.29. The van der Waals surface area contributed by atoms with Crippen LogP contribution < -0.4 is 0 Å². The largest absolute Gasteiger partial charge is 0.361 e. The Morgan fingerprint density at radius 3 is 2.00 bits per heavy atom. The van der Waals surface area contributed by atoms with Crippen molar-refractivity contribution < 1.29 is 19.0 Å². The molecule has 0 amide bonds. The van der Waals surface area contributed by atoms with Gasteiger partial charge in [0.25, 0.3) is 5.92 Å². The molecule has 0 rings (SSSR count). The van der Waals surface area contributed by atoms with Gasteiger partial charge in [-0.1, -0.05) is 13.3 Å². The Hall–Kier alpha value is -0.220. The molecule has 68 valence electrons.